The molecular weight excluding hydrogens is 314 g/mol. The van der Waals surface area contributed by atoms with Gasteiger partial charge in [-0.05, 0) is 52.9 Å². The highest BCUT2D eigenvalue weighted by molar-refractivity contribution is 9.10. The summed E-state index contributed by atoms with van der Waals surface area (Å²) in [7, 11) is 0. The summed E-state index contributed by atoms with van der Waals surface area (Å²) >= 11 is 9.32. The van der Waals surface area contributed by atoms with Crippen molar-refractivity contribution in [2.75, 3.05) is 0 Å². The van der Waals surface area contributed by atoms with Crippen molar-refractivity contribution in [2.24, 2.45) is 5.92 Å². The van der Waals surface area contributed by atoms with Crippen molar-refractivity contribution < 1.29 is 4.79 Å². The van der Waals surface area contributed by atoms with E-state index in [1.165, 1.54) is 12.8 Å². The molecule has 4 heteroatoms. The van der Waals surface area contributed by atoms with Crippen LogP contribution in [0, 0.1) is 5.92 Å². The highest BCUT2D eigenvalue weighted by Crippen LogP contribution is 2.34. The van der Waals surface area contributed by atoms with Crippen molar-refractivity contribution in [1.82, 2.24) is 5.32 Å². The lowest BCUT2D eigenvalue weighted by Crippen LogP contribution is -2.34. The Labute approximate surface area is 121 Å². The van der Waals surface area contributed by atoms with E-state index in [-0.39, 0.29) is 11.9 Å². The summed E-state index contributed by atoms with van der Waals surface area (Å²) in [6.45, 7) is 2.11. The molecule has 18 heavy (non-hydrogen) atoms. The lowest BCUT2D eigenvalue weighted by molar-refractivity contribution is 0.0932. The standard InChI is InChI=1S/C14H17BrClNO/c1-2-11(7-9-3-4-9)17-14(18)10-5-6-12(15)13(16)8-10/h5-6,8-9,11H,2-4,7H2,1H3,(H,17,18). The van der Waals surface area contributed by atoms with Crippen LogP contribution in [0.1, 0.15) is 43.0 Å². The number of nitrogens with one attached hydrogen (secondary N) is 1. The van der Waals surface area contributed by atoms with Gasteiger partial charge < -0.3 is 5.32 Å². The molecule has 1 unspecified atom stereocenters. The van der Waals surface area contributed by atoms with E-state index in [9.17, 15) is 4.79 Å². The van der Waals surface area contributed by atoms with Gasteiger partial charge in [0.05, 0.1) is 5.02 Å². The summed E-state index contributed by atoms with van der Waals surface area (Å²) < 4.78 is 0.811. The van der Waals surface area contributed by atoms with Gasteiger partial charge in [0.1, 0.15) is 0 Å². The van der Waals surface area contributed by atoms with Crippen LogP contribution in [0.4, 0.5) is 0 Å². The van der Waals surface area contributed by atoms with Gasteiger partial charge in [-0.1, -0.05) is 31.4 Å². The van der Waals surface area contributed by atoms with Gasteiger partial charge in [-0.15, -0.1) is 0 Å². The van der Waals surface area contributed by atoms with Gasteiger partial charge in [-0.25, -0.2) is 0 Å². The van der Waals surface area contributed by atoms with Crippen LogP contribution in [0.3, 0.4) is 0 Å². The summed E-state index contributed by atoms with van der Waals surface area (Å²) in [6.07, 6.45) is 4.71. The average molecular weight is 331 g/mol. The summed E-state index contributed by atoms with van der Waals surface area (Å²) in [6, 6.07) is 5.58. The summed E-state index contributed by atoms with van der Waals surface area (Å²) in [5.74, 6) is 0.792. The molecule has 0 heterocycles. The molecule has 1 atom stereocenters. The number of halogens is 2. The zero-order chi connectivity index (χ0) is 13.1. The molecule has 1 amide bonds. The SMILES string of the molecule is CCC(CC1CC1)NC(=O)c1ccc(Br)c(Cl)c1. The first kappa shape index (κ1) is 13.9. The van der Waals surface area contributed by atoms with Crippen LogP contribution in [0.5, 0.6) is 0 Å². The van der Waals surface area contributed by atoms with E-state index in [4.69, 9.17) is 11.6 Å². The zero-order valence-electron chi connectivity index (χ0n) is 10.4. The summed E-state index contributed by atoms with van der Waals surface area (Å²) in [5, 5.41) is 3.66. The Hall–Kier alpha value is -0.540. The lowest BCUT2D eigenvalue weighted by Gasteiger charge is -2.16. The second kappa shape index (κ2) is 6.07. The Bertz CT molecular complexity index is 445. The molecule has 1 aliphatic rings. The second-order valence-corrected chi connectivity index (χ2v) is 6.15. The first-order valence-corrected chi connectivity index (χ1v) is 7.53. The molecule has 2 rings (SSSR count). The molecule has 0 bridgehead atoms. The first-order valence-electron chi connectivity index (χ1n) is 6.36. The van der Waals surface area contributed by atoms with Crippen molar-refractivity contribution in [3.63, 3.8) is 0 Å². The van der Waals surface area contributed by atoms with Crippen molar-refractivity contribution in [3.05, 3.63) is 33.3 Å². The zero-order valence-corrected chi connectivity index (χ0v) is 12.7. The van der Waals surface area contributed by atoms with Gasteiger partial charge in [-0.2, -0.15) is 0 Å². The van der Waals surface area contributed by atoms with Crippen LogP contribution in [-0.4, -0.2) is 11.9 Å². The molecule has 1 aromatic carbocycles. The van der Waals surface area contributed by atoms with Crippen LogP contribution in [0.25, 0.3) is 0 Å². The van der Waals surface area contributed by atoms with E-state index in [0.29, 0.717) is 10.6 Å². The normalized spacial score (nSPS) is 16.4. The number of hydrogen-bond acceptors (Lipinski definition) is 1. The van der Waals surface area contributed by atoms with Gasteiger partial charge in [0, 0.05) is 16.1 Å². The number of rotatable bonds is 5. The molecule has 98 valence electrons. The Morgan fingerprint density at radius 3 is 2.83 bits per heavy atom. The molecule has 1 N–H and O–H groups in total. The quantitative estimate of drug-likeness (QED) is 0.851. The van der Waals surface area contributed by atoms with E-state index in [0.717, 1.165) is 23.2 Å². The number of amides is 1. The predicted molar refractivity (Wildman–Crippen MR) is 78.0 cm³/mol. The molecule has 1 fully saturated rings. The minimum Gasteiger partial charge on any atom is -0.349 e. The molecule has 1 saturated carbocycles. The third-order valence-corrected chi connectivity index (χ3v) is 4.56. The Kier molecular flexibility index (Phi) is 4.68. The topological polar surface area (TPSA) is 29.1 Å². The maximum atomic E-state index is 12.1. The molecule has 0 saturated heterocycles. The third-order valence-electron chi connectivity index (χ3n) is 3.32. The minimum absolute atomic E-state index is 0.0306. The number of carbonyl (C=O) groups excluding carboxylic acids is 1. The molecule has 0 radical (unpaired) electrons. The average Bonchev–Trinajstić information content (AvgIpc) is 3.15. The fraction of sp³-hybridized carbons (Fsp3) is 0.500. The van der Waals surface area contributed by atoms with E-state index in [1.807, 2.05) is 0 Å². The number of carbonyl (C=O) groups is 1. The van der Waals surface area contributed by atoms with Gasteiger partial charge in [0.25, 0.3) is 5.91 Å². The second-order valence-electron chi connectivity index (χ2n) is 4.89. The van der Waals surface area contributed by atoms with E-state index >= 15 is 0 Å². The lowest BCUT2D eigenvalue weighted by atomic mass is 10.1. The largest absolute Gasteiger partial charge is 0.349 e. The molecule has 2 nitrogen and oxygen atoms in total. The fourth-order valence-electron chi connectivity index (χ4n) is 1.99. The molecule has 1 aromatic rings. The van der Waals surface area contributed by atoms with Gasteiger partial charge in [-0.3, -0.25) is 4.79 Å². The van der Waals surface area contributed by atoms with Crippen LogP contribution < -0.4 is 5.32 Å². The highest BCUT2D eigenvalue weighted by Gasteiger charge is 2.25. The van der Waals surface area contributed by atoms with E-state index < -0.39 is 0 Å². The highest BCUT2D eigenvalue weighted by atomic mass is 79.9. The third kappa shape index (κ3) is 3.72. The molecular formula is C14H17BrClNO. The minimum atomic E-state index is -0.0306. The van der Waals surface area contributed by atoms with Gasteiger partial charge in [0.15, 0.2) is 0 Å². The summed E-state index contributed by atoms with van der Waals surface area (Å²) in [4.78, 5) is 12.1. The van der Waals surface area contributed by atoms with Gasteiger partial charge >= 0.3 is 0 Å². The Balaban J connectivity index is 1.98. The fourth-order valence-corrected chi connectivity index (χ4v) is 2.42. The van der Waals surface area contributed by atoms with Crippen LogP contribution >= 0.6 is 27.5 Å². The molecule has 0 aromatic heterocycles. The maximum absolute atomic E-state index is 12.1. The monoisotopic (exact) mass is 329 g/mol. The van der Waals surface area contributed by atoms with E-state index in [2.05, 4.69) is 28.2 Å². The van der Waals surface area contributed by atoms with Crippen LogP contribution in [-0.2, 0) is 0 Å². The molecule has 0 spiro atoms. The van der Waals surface area contributed by atoms with Crippen molar-refractivity contribution in [1.29, 1.82) is 0 Å². The van der Waals surface area contributed by atoms with Crippen LogP contribution in [0.15, 0.2) is 22.7 Å². The maximum Gasteiger partial charge on any atom is 0.251 e. The smallest absolute Gasteiger partial charge is 0.251 e. The van der Waals surface area contributed by atoms with Gasteiger partial charge in [0.2, 0.25) is 0 Å². The number of hydrogen-bond donors (Lipinski definition) is 1. The summed E-state index contributed by atoms with van der Waals surface area (Å²) in [5.41, 5.74) is 0.623. The van der Waals surface area contributed by atoms with Crippen molar-refractivity contribution in [3.8, 4) is 0 Å². The van der Waals surface area contributed by atoms with Crippen molar-refractivity contribution >= 4 is 33.4 Å². The molecule has 1 aliphatic carbocycles. The number of benzene rings is 1. The predicted octanol–water partition coefficient (Wildman–Crippen LogP) is 4.41. The van der Waals surface area contributed by atoms with Crippen molar-refractivity contribution in [2.45, 2.75) is 38.6 Å². The molecule has 0 aliphatic heterocycles. The van der Waals surface area contributed by atoms with Crippen LogP contribution in [0.2, 0.25) is 5.02 Å². The Morgan fingerprint density at radius 1 is 1.56 bits per heavy atom. The first-order chi connectivity index (χ1) is 8.60. The Morgan fingerprint density at radius 2 is 2.28 bits per heavy atom. The van der Waals surface area contributed by atoms with E-state index in [1.54, 1.807) is 18.2 Å².